The van der Waals surface area contributed by atoms with E-state index in [4.69, 9.17) is 0 Å². The van der Waals surface area contributed by atoms with Crippen LogP contribution in [0.5, 0.6) is 0 Å². The summed E-state index contributed by atoms with van der Waals surface area (Å²) in [5, 5.41) is 4.34. The zero-order valence-corrected chi connectivity index (χ0v) is 11.2. The first-order valence-corrected chi connectivity index (χ1v) is 7.36. The van der Waals surface area contributed by atoms with Crippen molar-refractivity contribution in [3.05, 3.63) is 5.82 Å². The van der Waals surface area contributed by atoms with Gasteiger partial charge in [-0.25, -0.2) is 4.98 Å². The normalized spacial score (nSPS) is 12.7. The Balaban J connectivity index is 2.35. The lowest BCUT2D eigenvalue weighted by Gasteiger charge is -2.10. The zero-order valence-electron chi connectivity index (χ0n) is 9.62. The monoisotopic (exact) mass is 245 g/mol. The van der Waals surface area contributed by atoms with Gasteiger partial charge in [-0.3, -0.25) is 0 Å². The summed E-state index contributed by atoms with van der Waals surface area (Å²) in [6, 6.07) is 0.470. The third-order valence-corrected chi connectivity index (χ3v) is 3.71. The van der Waals surface area contributed by atoms with E-state index < -0.39 is 0 Å². The molecule has 3 nitrogen and oxygen atoms in total. The standard InChI is InChI=1S/C10H19N3S2/c1-4-6-9-12-10(15-13-9)11-8(3)7-14-5-2/h8H,4-7H2,1-3H3,(H,11,12,13). The Morgan fingerprint density at radius 2 is 2.27 bits per heavy atom. The SMILES string of the molecule is CCCc1nsc(NC(C)CSCC)n1. The Bertz CT molecular complexity index is 275. The number of anilines is 1. The minimum atomic E-state index is 0.470. The van der Waals surface area contributed by atoms with Gasteiger partial charge < -0.3 is 5.32 Å². The van der Waals surface area contributed by atoms with Gasteiger partial charge in [0.2, 0.25) is 5.13 Å². The Kier molecular flexibility index (Phi) is 6.02. The molecule has 1 aromatic heterocycles. The number of hydrogen-bond acceptors (Lipinski definition) is 5. The molecule has 1 unspecified atom stereocenters. The number of aryl methyl sites for hydroxylation is 1. The molecule has 0 saturated heterocycles. The van der Waals surface area contributed by atoms with Gasteiger partial charge in [0.1, 0.15) is 5.82 Å². The van der Waals surface area contributed by atoms with E-state index in [0.717, 1.165) is 29.6 Å². The van der Waals surface area contributed by atoms with E-state index in [2.05, 4.69) is 35.4 Å². The molecule has 0 saturated carbocycles. The van der Waals surface area contributed by atoms with Crippen LogP contribution in [0.15, 0.2) is 0 Å². The quantitative estimate of drug-likeness (QED) is 0.801. The third kappa shape index (κ3) is 4.84. The van der Waals surface area contributed by atoms with Gasteiger partial charge in [-0.2, -0.15) is 16.1 Å². The lowest BCUT2D eigenvalue weighted by Crippen LogP contribution is -2.17. The van der Waals surface area contributed by atoms with Crippen molar-refractivity contribution in [3.63, 3.8) is 0 Å². The Morgan fingerprint density at radius 3 is 2.93 bits per heavy atom. The molecular formula is C10H19N3S2. The first kappa shape index (κ1) is 12.8. The average molecular weight is 245 g/mol. The van der Waals surface area contributed by atoms with E-state index in [1.54, 1.807) is 0 Å². The molecule has 5 heteroatoms. The summed E-state index contributed by atoms with van der Waals surface area (Å²) < 4.78 is 4.30. The van der Waals surface area contributed by atoms with Crippen LogP contribution in [0.1, 0.15) is 33.0 Å². The van der Waals surface area contributed by atoms with E-state index >= 15 is 0 Å². The number of thioether (sulfide) groups is 1. The smallest absolute Gasteiger partial charge is 0.202 e. The molecule has 1 N–H and O–H groups in total. The molecule has 0 fully saturated rings. The summed E-state index contributed by atoms with van der Waals surface area (Å²) in [4.78, 5) is 4.44. The fourth-order valence-electron chi connectivity index (χ4n) is 1.18. The molecule has 86 valence electrons. The number of rotatable bonds is 7. The Hall–Kier alpha value is -0.290. The van der Waals surface area contributed by atoms with E-state index in [1.165, 1.54) is 17.3 Å². The predicted octanol–water partition coefficient (Wildman–Crippen LogP) is 3.04. The molecule has 0 amide bonds. The predicted molar refractivity (Wildman–Crippen MR) is 70.0 cm³/mol. The van der Waals surface area contributed by atoms with Crippen LogP contribution in [0.3, 0.4) is 0 Å². The van der Waals surface area contributed by atoms with Crippen molar-refractivity contribution in [2.45, 2.75) is 39.7 Å². The van der Waals surface area contributed by atoms with E-state index in [1.807, 2.05) is 11.8 Å². The van der Waals surface area contributed by atoms with Gasteiger partial charge in [0.25, 0.3) is 0 Å². The summed E-state index contributed by atoms with van der Waals surface area (Å²) in [5.41, 5.74) is 0. The van der Waals surface area contributed by atoms with Crippen molar-refractivity contribution >= 4 is 28.4 Å². The molecular weight excluding hydrogens is 226 g/mol. The average Bonchev–Trinajstić information content (AvgIpc) is 2.63. The van der Waals surface area contributed by atoms with Crippen LogP contribution < -0.4 is 5.32 Å². The van der Waals surface area contributed by atoms with Gasteiger partial charge in [0.05, 0.1) is 0 Å². The number of aromatic nitrogens is 2. The van der Waals surface area contributed by atoms with Crippen molar-refractivity contribution in [2.75, 3.05) is 16.8 Å². The van der Waals surface area contributed by atoms with Crippen molar-refractivity contribution < 1.29 is 0 Å². The van der Waals surface area contributed by atoms with Crippen LogP contribution in [-0.4, -0.2) is 26.9 Å². The second kappa shape index (κ2) is 7.06. The summed E-state index contributed by atoms with van der Waals surface area (Å²) in [6.07, 6.45) is 2.09. The van der Waals surface area contributed by atoms with Crippen LogP contribution in [0.4, 0.5) is 5.13 Å². The van der Waals surface area contributed by atoms with E-state index in [0.29, 0.717) is 6.04 Å². The highest BCUT2D eigenvalue weighted by atomic mass is 32.2. The van der Waals surface area contributed by atoms with Gasteiger partial charge in [0, 0.05) is 29.7 Å². The van der Waals surface area contributed by atoms with Crippen molar-refractivity contribution in [3.8, 4) is 0 Å². The number of nitrogens with one attached hydrogen (secondary N) is 1. The summed E-state index contributed by atoms with van der Waals surface area (Å²) in [7, 11) is 0. The van der Waals surface area contributed by atoms with Crippen LogP contribution in [-0.2, 0) is 6.42 Å². The topological polar surface area (TPSA) is 37.8 Å². The van der Waals surface area contributed by atoms with Crippen LogP contribution >= 0.6 is 23.3 Å². The molecule has 0 spiro atoms. The van der Waals surface area contributed by atoms with Crippen molar-refractivity contribution in [1.29, 1.82) is 0 Å². The summed E-state index contributed by atoms with van der Waals surface area (Å²) in [5.74, 6) is 3.27. The highest BCUT2D eigenvalue weighted by Gasteiger charge is 2.06. The maximum Gasteiger partial charge on any atom is 0.202 e. The molecule has 0 aromatic carbocycles. The highest BCUT2D eigenvalue weighted by molar-refractivity contribution is 7.99. The second-order valence-electron chi connectivity index (χ2n) is 3.47. The molecule has 15 heavy (non-hydrogen) atoms. The molecule has 0 bridgehead atoms. The van der Waals surface area contributed by atoms with Gasteiger partial charge in [-0.1, -0.05) is 13.8 Å². The minimum Gasteiger partial charge on any atom is -0.357 e. The molecule has 1 heterocycles. The molecule has 0 aliphatic heterocycles. The molecule has 1 rings (SSSR count). The van der Waals surface area contributed by atoms with Gasteiger partial charge in [-0.05, 0) is 19.1 Å². The molecule has 1 aromatic rings. The van der Waals surface area contributed by atoms with Crippen molar-refractivity contribution in [2.24, 2.45) is 0 Å². The maximum atomic E-state index is 4.44. The lowest BCUT2D eigenvalue weighted by atomic mass is 10.3. The van der Waals surface area contributed by atoms with E-state index in [9.17, 15) is 0 Å². The molecule has 0 aliphatic carbocycles. The fourth-order valence-corrected chi connectivity index (χ4v) is 2.58. The second-order valence-corrected chi connectivity index (χ2v) is 5.54. The Morgan fingerprint density at radius 1 is 1.47 bits per heavy atom. The highest BCUT2D eigenvalue weighted by Crippen LogP contribution is 2.14. The van der Waals surface area contributed by atoms with Crippen LogP contribution in [0, 0.1) is 0 Å². The maximum absolute atomic E-state index is 4.44. The summed E-state index contributed by atoms with van der Waals surface area (Å²) in [6.45, 7) is 6.51. The van der Waals surface area contributed by atoms with E-state index in [-0.39, 0.29) is 0 Å². The largest absolute Gasteiger partial charge is 0.357 e. The van der Waals surface area contributed by atoms with Crippen LogP contribution in [0.25, 0.3) is 0 Å². The summed E-state index contributed by atoms with van der Waals surface area (Å²) >= 11 is 3.42. The Labute approximate surface area is 100 Å². The van der Waals surface area contributed by atoms with Crippen LogP contribution in [0.2, 0.25) is 0 Å². The lowest BCUT2D eigenvalue weighted by molar-refractivity contribution is 0.854. The first-order chi connectivity index (χ1) is 7.26. The van der Waals surface area contributed by atoms with Gasteiger partial charge in [-0.15, -0.1) is 0 Å². The molecule has 0 radical (unpaired) electrons. The van der Waals surface area contributed by atoms with Gasteiger partial charge >= 0.3 is 0 Å². The van der Waals surface area contributed by atoms with Gasteiger partial charge in [0.15, 0.2) is 0 Å². The fraction of sp³-hybridized carbons (Fsp3) is 0.800. The van der Waals surface area contributed by atoms with Crippen molar-refractivity contribution in [1.82, 2.24) is 9.36 Å². The zero-order chi connectivity index (χ0) is 11.1. The molecule has 1 atom stereocenters. The first-order valence-electron chi connectivity index (χ1n) is 5.43. The number of nitrogens with zero attached hydrogens (tertiary/aromatic N) is 2. The third-order valence-electron chi connectivity index (χ3n) is 1.88. The minimum absolute atomic E-state index is 0.470. The number of hydrogen-bond donors (Lipinski definition) is 1. The molecule has 0 aliphatic rings.